The van der Waals surface area contributed by atoms with Crippen molar-refractivity contribution in [1.29, 1.82) is 0 Å². The lowest BCUT2D eigenvalue weighted by atomic mass is 9.71. The monoisotopic (exact) mass is 310 g/mol. The summed E-state index contributed by atoms with van der Waals surface area (Å²) < 4.78 is 141. The van der Waals surface area contributed by atoms with Crippen molar-refractivity contribution in [3.63, 3.8) is 0 Å². The summed E-state index contributed by atoms with van der Waals surface area (Å²) in [6, 6.07) is 0. The Morgan fingerprint density at radius 2 is 0.684 bits per heavy atom. The Morgan fingerprint density at radius 3 is 0.895 bits per heavy atom. The van der Waals surface area contributed by atoms with Gasteiger partial charge in [-0.05, 0) is 6.42 Å². The van der Waals surface area contributed by atoms with Crippen LogP contribution in [-0.4, -0.2) is 35.3 Å². The Morgan fingerprint density at radius 1 is 0.474 bits per heavy atom. The standard InChI is InChI=1S/C8H5F11/c1-2-3(9)4(10,11)6(14,15)8(18,19)7(16,17)5(3,12)13/h2H2,1H3. The largest absolute Gasteiger partial charge is 0.384 e. The van der Waals surface area contributed by atoms with Gasteiger partial charge in [0.2, 0.25) is 5.67 Å². The van der Waals surface area contributed by atoms with Gasteiger partial charge in [-0.2, -0.15) is 43.9 Å². The number of rotatable bonds is 1. The minimum absolute atomic E-state index is 0.136. The van der Waals surface area contributed by atoms with E-state index in [9.17, 15) is 48.3 Å². The zero-order chi connectivity index (χ0) is 15.7. The lowest BCUT2D eigenvalue weighted by Gasteiger charge is -2.52. The lowest BCUT2D eigenvalue weighted by Crippen LogP contribution is -2.83. The highest BCUT2D eigenvalue weighted by molar-refractivity contribution is 5.26. The van der Waals surface area contributed by atoms with Crippen LogP contribution >= 0.6 is 0 Å². The maximum Gasteiger partial charge on any atom is 0.384 e. The number of alkyl halides is 11. The molecule has 0 N–H and O–H groups in total. The fourth-order valence-electron chi connectivity index (χ4n) is 1.73. The van der Waals surface area contributed by atoms with Crippen molar-refractivity contribution in [2.45, 2.75) is 48.6 Å². The van der Waals surface area contributed by atoms with E-state index in [1.165, 1.54) is 0 Å². The van der Waals surface area contributed by atoms with E-state index in [0.717, 1.165) is 0 Å². The van der Waals surface area contributed by atoms with Crippen molar-refractivity contribution in [3.8, 4) is 0 Å². The molecule has 19 heavy (non-hydrogen) atoms. The molecule has 0 bridgehead atoms. The van der Waals surface area contributed by atoms with Crippen LogP contribution in [0, 0.1) is 0 Å². The van der Waals surface area contributed by atoms with Crippen LogP contribution in [0.3, 0.4) is 0 Å². The molecular weight excluding hydrogens is 305 g/mol. The van der Waals surface area contributed by atoms with E-state index in [0.29, 0.717) is 0 Å². The van der Waals surface area contributed by atoms with Gasteiger partial charge in [0.25, 0.3) is 0 Å². The molecule has 0 radical (unpaired) electrons. The van der Waals surface area contributed by atoms with Crippen LogP contribution in [0.1, 0.15) is 13.3 Å². The molecule has 1 rings (SSSR count). The van der Waals surface area contributed by atoms with Gasteiger partial charge in [-0.1, -0.05) is 6.92 Å². The highest BCUT2D eigenvalue weighted by Crippen LogP contribution is 2.69. The normalized spacial score (nSPS) is 32.8. The molecule has 0 atom stereocenters. The molecule has 0 spiro atoms. The number of hydrogen-bond acceptors (Lipinski definition) is 0. The van der Waals surface area contributed by atoms with Crippen LogP contribution in [0.5, 0.6) is 0 Å². The number of hydrogen-bond donors (Lipinski definition) is 0. The molecule has 11 heteroatoms. The minimum atomic E-state index is -7.11. The highest BCUT2D eigenvalue weighted by atomic mass is 19.4. The molecule has 0 aromatic heterocycles. The van der Waals surface area contributed by atoms with E-state index in [1.54, 1.807) is 0 Å². The van der Waals surface area contributed by atoms with Crippen LogP contribution in [0.15, 0.2) is 0 Å². The van der Waals surface area contributed by atoms with Crippen molar-refractivity contribution in [1.82, 2.24) is 0 Å². The molecule has 0 unspecified atom stereocenters. The first kappa shape index (κ1) is 16.3. The smallest absolute Gasteiger partial charge is 0.230 e. The summed E-state index contributed by atoms with van der Waals surface area (Å²) >= 11 is 0. The van der Waals surface area contributed by atoms with E-state index < -0.39 is 41.7 Å². The van der Waals surface area contributed by atoms with Gasteiger partial charge in [0, 0.05) is 0 Å². The molecule has 0 aliphatic heterocycles. The van der Waals surface area contributed by atoms with E-state index in [-0.39, 0.29) is 6.92 Å². The molecule has 0 amide bonds. The van der Waals surface area contributed by atoms with Gasteiger partial charge in [0.05, 0.1) is 0 Å². The van der Waals surface area contributed by atoms with E-state index in [4.69, 9.17) is 0 Å². The molecule has 0 aromatic rings. The van der Waals surface area contributed by atoms with Crippen molar-refractivity contribution >= 4 is 0 Å². The predicted octanol–water partition coefficient (Wildman–Crippen LogP) is 4.29. The molecule has 1 aliphatic carbocycles. The predicted molar refractivity (Wildman–Crippen MR) is 38.9 cm³/mol. The molecule has 0 nitrogen and oxygen atoms in total. The van der Waals surface area contributed by atoms with Crippen LogP contribution in [-0.2, 0) is 0 Å². The van der Waals surface area contributed by atoms with Gasteiger partial charge in [0.1, 0.15) is 0 Å². The molecular formula is C8H5F11. The third-order valence-electron chi connectivity index (χ3n) is 3.06. The summed E-state index contributed by atoms with van der Waals surface area (Å²) in [7, 11) is 0. The summed E-state index contributed by atoms with van der Waals surface area (Å²) in [4.78, 5) is 0. The van der Waals surface area contributed by atoms with Gasteiger partial charge in [-0.3, -0.25) is 0 Å². The lowest BCUT2D eigenvalue weighted by molar-refractivity contribution is -0.485. The summed E-state index contributed by atoms with van der Waals surface area (Å²) in [5, 5.41) is 0. The third-order valence-corrected chi connectivity index (χ3v) is 3.06. The molecule has 1 aliphatic rings. The summed E-state index contributed by atoms with van der Waals surface area (Å²) in [5.41, 5.74) is -5.81. The first-order chi connectivity index (χ1) is 8.06. The van der Waals surface area contributed by atoms with Crippen LogP contribution < -0.4 is 0 Å². The Hall–Kier alpha value is -0.770. The second-order valence-corrected chi connectivity index (χ2v) is 4.03. The van der Waals surface area contributed by atoms with Gasteiger partial charge in [-0.25, -0.2) is 4.39 Å². The average Bonchev–Trinajstić information content (AvgIpc) is 2.24. The summed E-state index contributed by atoms with van der Waals surface area (Å²) in [6.07, 6.45) is -2.21. The van der Waals surface area contributed by atoms with E-state index >= 15 is 0 Å². The molecule has 0 saturated heterocycles. The van der Waals surface area contributed by atoms with Gasteiger partial charge in [0.15, 0.2) is 0 Å². The second kappa shape index (κ2) is 3.46. The Kier molecular flexibility index (Phi) is 2.96. The van der Waals surface area contributed by atoms with Gasteiger partial charge >= 0.3 is 29.6 Å². The molecule has 1 saturated carbocycles. The van der Waals surface area contributed by atoms with E-state index in [1.807, 2.05) is 0 Å². The van der Waals surface area contributed by atoms with Crippen molar-refractivity contribution < 1.29 is 48.3 Å². The van der Waals surface area contributed by atoms with Crippen LogP contribution in [0.4, 0.5) is 48.3 Å². The number of halogens is 11. The maximum atomic E-state index is 13.4. The second-order valence-electron chi connectivity index (χ2n) is 4.03. The Bertz CT molecular complexity index is 352. The fraction of sp³-hybridized carbons (Fsp3) is 1.00. The molecule has 0 heterocycles. The summed E-state index contributed by atoms with van der Waals surface area (Å²) in [6.45, 7) is 0.136. The maximum absolute atomic E-state index is 13.4. The van der Waals surface area contributed by atoms with Crippen molar-refractivity contribution in [3.05, 3.63) is 0 Å². The first-order valence-electron chi connectivity index (χ1n) is 4.64. The highest BCUT2D eigenvalue weighted by Gasteiger charge is 3.00. The Labute approximate surface area is 98.1 Å². The zero-order valence-electron chi connectivity index (χ0n) is 8.86. The van der Waals surface area contributed by atoms with Gasteiger partial charge < -0.3 is 0 Å². The van der Waals surface area contributed by atoms with Crippen LogP contribution in [0.2, 0.25) is 0 Å². The Balaban J connectivity index is 3.76. The minimum Gasteiger partial charge on any atom is -0.230 e. The molecule has 114 valence electrons. The van der Waals surface area contributed by atoms with Gasteiger partial charge in [-0.15, -0.1) is 0 Å². The van der Waals surface area contributed by atoms with E-state index in [2.05, 4.69) is 0 Å². The van der Waals surface area contributed by atoms with Crippen molar-refractivity contribution in [2.75, 3.05) is 0 Å². The first-order valence-corrected chi connectivity index (χ1v) is 4.64. The fourth-order valence-corrected chi connectivity index (χ4v) is 1.73. The SMILES string of the molecule is CCC1(F)C(F)(F)C(F)(F)C(F)(F)C(F)(F)C1(F)F. The molecule has 1 fully saturated rings. The molecule has 0 aromatic carbocycles. The van der Waals surface area contributed by atoms with Crippen LogP contribution in [0.25, 0.3) is 0 Å². The van der Waals surface area contributed by atoms with Crippen molar-refractivity contribution in [2.24, 2.45) is 0 Å². The quantitative estimate of drug-likeness (QED) is 0.634. The topological polar surface area (TPSA) is 0 Å². The zero-order valence-corrected chi connectivity index (χ0v) is 8.86. The third kappa shape index (κ3) is 1.26. The average molecular weight is 310 g/mol. The summed E-state index contributed by atoms with van der Waals surface area (Å²) in [5.74, 6) is -34.4.